The molecule has 0 aromatic carbocycles. The van der Waals surface area contributed by atoms with Gasteiger partial charge >= 0.3 is 0 Å². The van der Waals surface area contributed by atoms with Crippen molar-refractivity contribution in [3.8, 4) is 0 Å². The monoisotopic (exact) mass is 268 g/mol. The van der Waals surface area contributed by atoms with Crippen molar-refractivity contribution < 1.29 is 4.74 Å². The molecule has 1 aliphatic heterocycles. The van der Waals surface area contributed by atoms with Gasteiger partial charge in [0.05, 0.1) is 11.7 Å². The van der Waals surface area contributed by atoms with E-state index in [1.165, 1.54) is 64.6 Å². The van der Waals surface area contributed by atoms with Gasteiger partial charge in [-0.1, -0.05) is 26.7 Å². The summed E-state index contributed by atoms with van der Waals surface area (Å²) in [6, 6.07) is 0. The molecular formula is C16H32N2O. The van der Waals surface area contributed by atoms with E-state index in [1.807, 2.05) is 0 Å². The molecule has 1 saturated heterocycles. The van der Waals surface area contributed by atoms with Gasteiger partial charge in [0.15, 0.2) is 0 Å². The van der Waals surface area contributed by atoms with Crippen molar-refractivity contribution in [1.29, 1.82) is 0 Å². The lowest BCUT2D eigenvalue weighted by atomic mass is 9.98. The van der Waals surface area contributed by atoms with Crippen LogP contribution in [0.3, 0.4) is 0 Å². The molecule has 3 heteroatoms. The molecule has 112 valence electrons. The lowest BCUT2D eigenvalue weighted by molar-refractivity contribution is -0.0351. The molecule has 0 aromatic heterocycles. The summed E-state index contributed by atoms with van der Waals surface area (Å²) in [6.45, 7) is 10.2. The molecule has 0 amide bonds. The van der Waals surface area contributed by atoms with Crippen LogP contribution >= 0.6 is 0 Å². The van der Waals surface area contributed by atoms with Crippen LogP contribution in [0.15, 0.2) is 0 Å². The van der Waals surface area contributed by atoms with Crippen molar-refractivity contribution in [2.24, 2.45) is 0 Å². The van der Waals surface area contributed by atoms with Crippen molar-refractivity contribution in [2.45, 2.75) is 70.5 Å². The van der Waals surface area contributed by atoms with E-state index in [0.29, 0.717) is 11.7 Å². The Morgan fingerprint density at radius 3 is 2.63 bits per heavy atom. The summed E-state index contributed by atoms with van der Waals surface area (Å²) in [5.41, 5.74) is 0.296. The third-order valence-corrected chi connectivity index (χ3v) is 4.82. The Bertz CT molecular complexity index is 251. The minimum Gasteiger partial charge on any atom is -0.370 e. The first-order valence-electron chi connectivity index (χ1n) is 8.39. The van der Waals surface area contributed by atoms with E-state index in [-0.39, 0.29) is 0 Å². The average molecular weight is 268 g/mol. The van der Waals surface area contributed by atoms with Gasteiger partial charge in [0.1, 0.15) is 0 Å². The van der Waals surface area contributed by atoms with Gasteiger partial charge in [0.25, 0.3) is 0 Å². The van der Waals surface area contributed by atoms with Crippen LogP contribution in [0.1, 0.15) is 58.8 Å². The Morgan fingerprint density at radius 2 is 1.95 bits per heavy atom. The topological polar surface area (TPSA) is 24.5 Å². The summed E-state index contributed by atoms with van der Waals surface area (Å²) >= 11 is 0. The average Bonchev–Trinajstić information content (AvgIpc) is 3.04. The molecule has 1 N–H and O–H groups in total. The van der Waals surface area contributed by atoms with E-state index in [2.05, 4.69) is 24.1 Å². The molecule has 1 unspecified atom stereocenters. The fourth-order valence-corrected chi connectivity index (χ4v) is 3.67. The summed E-state index contributed by atoms with van der Waals surface area (Å²) in [6.07, 6.45) is 9.66. The second-order valence-electron chi connectivity index (χ2n) is 6.31. The maximum Gasteiger partial charge on any atom is 0.0708 e. The molecule has 1 spiro atoms. The highest BCUT2D eigenvalue weighted by atomic mass is 16.5. The largest absolute Gasteiger partial charge is 0.370 e. The number of nitrogens with zero attached hydrogens (tertiary/aromatic N) is 1. The second-order valence-corrected chi connectivity index (χ2v) is 6.31. The molecule has 2 rings (SSSR count). The number of nitrogens with one attached hydrogen (secondary N) is 1. The zero-order valence-corrected chi connectivity index (χ0v) is 12.9. The minimum absolute atomic E-state index is 0.296. The molecule has 1 saturated carbocycles. The number of hydrogen-bond acceptors (Lipinski definition) is 3. The molecule has 19 heavy (non-hydrogen) atoms. The molecule has 1 atom stereocenters. The zero-order valence-electron chi connectivity index (χ0n) is 12.9. The zero-order chi connectivity index (χ0) is 13.6. The van der Waals surface area contributed by atoms with Crippen LogP contribution in [0.2, 0.25) is 0 Å². The predicted octanol–water partition coefficient (Wildman–Crippen LogP) is 2.80. The van der Waals surface area contributed by atoms with Gasteiger partial charge in [-0.25, -0.2) is 0 Å². The molecule has 2 aliphatic rings. The summed E-state index contributed by atoms with van der Waals surface area (Å²) in [5.74, 6) is 0. The SMILES string of the molecule is CCCN(CC)CCNCC1CCC2(CCCC2)O1. The first kappa shape index (κ1) is 15.3. The fourth-order valence-electron chi connectivity index (χ4n) is 3.67. The van der Waals surface area contributed by atoms with Gasteiger partial charge in [-0.05, 0) is 45.2 Å². The fraction of sp³-hybridized carbons (Fsp3) is 1.00. The highest BCUT2D eigenvalue weighted by Gasteiger charge is 2.41. The van der Waals surface area contributed by atoms with E-state index in [4.69, 9.17) is 4.74 Å². The van der Waals surface area contributed by atoms with Gasteiger partial charge < -0.3 is 15.0 Å². The summed E-state index contributed by atoms with van der Waals surface area (Å²) in [4.78, 5) is 2.51. The maximum atomic E-state index is 6.31. The van der Waals surface area contributed by atoms with E-state index in [0.717, 1.165) is 13.1 Å². The summed E-state index contributed by atoms with van der Waals surface area (Å²) in [5, 5.41) is 3.59. The molecular weight excluding hydrogens is 236 g/mol. The van der Waals surface area contributed by atoms with Crippen LogP contribution in [0, 0.1) is 0 Å². The van der Waals surface area contributed by atoms with E-state index in [1.54, 1.807) is 0 Å². The van der Waals surface area contributed by atoms with Crippen LogP contribution in [0.4, 0.5) is 0 Å². The predicted molar refractivity (Wildman–Crippen MR) is 80.6 cm³/mol. The van der Waals surface area contributed by atoms with Gasteiger partial charge in [0.2, 0.25) is 0 Å². The van der Waals surface area contributed by atoms with Gasteiger partial charge in [-0.3, -0.25) is 0 Å². The van der Waals surface area contributed by atoms with E-state index < -0.39 is 0 Å². The Balaban J connectivity index is 1.56. The number of ether oxygens (including phenoxy) is 1. The normalized spacial score (nSPS) is 25.7. The lowest BCUT2D eigenvalue weighted by Crippen LogP contribution is -2.36. The molecule has 1 heterocycles. The number of rotatable bonds is 8. The molecule has 3 nitrogen and oxygen atoms in total. The third kappa shape index (κ3) is 4.44. The smallest absolute Gasteiger partial charge is 0.0708 e. The van der Waals surface area contributed by atoms with Crippen molar-refractivity contribution in [2.75, 3.05) is 32.7 Å². The van der Waals surface area contributed by atoms with E-state index in [9.17, 15) is 0 Å². The lowest BCUT2D eigenvalue weighted by Gasteiger charge is -2.24. The van der Waals surface area contributed by atoms with Gasteiger partial charge in [-0.2, -0.15) is 0 Å². The summed E-state index contributed by atoms with van der Waals surface area (Å²) < 4.78 is 6.31. The van der Waals surface area contributed by atoms with Crippen molar-refractivity contribution >= 4 is 0 Å². The molecule has 0 bridgehead atoms. The van der Waals surface area contributed by atoms with E-state index >= 15 is 0 Å². The first-order chi connectivity index (χ1) is 9.28. The number of hydrogen-bond donors (Lipinski definition) is 1. The first-order valence-corrected chi connectivity index (χ1v) is 8.39. The van der Waals surface area contributed by atoms with Crippen LogP contribution in [-0.4, -0.2) is 49.3 Å². The Hall–Kier alpha value is -0.120. The van der Waals surface area contributed by atoms with Gasteiger partial charge in [-0.15, -0.1) is 0 Å². The van der Waals surface area contributed by atoms with Crippen LogP contribution in [0.5, 0.6) is 0 Å². The van der Waals surface area contributed by atoms with Crippen LogP contribution < -0.4 is 5.32 Å². The molecule has 0 aromatic rings. The molecule has 0 radical (unpaired) electrons. The third-order valence-electron chi connectivity index (χ3n) is 4.82. The second kappa shape index (κ2) is 7.61. The summed E-state index contributed by atoms with van der Waals surface area (Å²) in [7, 11) is 0. The maximum absolute atomic E-state index is 6.31. The Morgan fingerprint density at radius 1 is 1.16 bits per heavy atom. The highest BCUT2D eigenvalue weighted by molar-refractivity contribution is 4.93. The van der Waals surface area contributed by atoms with Crippen molar-refractivity contribution in [3.05, 3.63) is 0 Å². The standard InChI is InChI=1S/C16H32N2O/c1-3-12-18(4-2)13-11-17-14-15-7-10-16(19-15)8-5-6-9-16/h15,17H,3-14H2,1-2H3. The van der Waals surface area contributed by atoms with Crippen molar-refractivity contribution in [1.82, 2.24) is 10.2 Å². The molecule has 2 fully saturated rings. The van der Waals surface area contributed by atoms with Crippen LogP contribution in [-0.2, 0) is 4.74 Å². The Kier molecular flexibility index (Phi) is 6.11. The molecule has 1 aliphatic carbocycles. The number of likely N-dealkylation sites (N-methyl/N-ethyl adjacent to an activating group) is 1. The Labute approximate surface area is 119 Å². The van der Waals surface area contributed by atoms with Crippen molar-refractivity contribution in [3.63, 3.8) is 0 Å². The quantitative estimate of drug-likeness (QED) is 0.685. The van der Waals surface area contributed by atoms with Gasteiger partial charge in [0, 0.05) is 19.6 Å². The minimum atomic E-state index is 0.296. The van der Waals surface area contributed by atoms with Crippen LogP contribution in [0.25, 0.3) is 0 Å². The highest BCUT2D eigenvalue weighted by Crippen LogP contribution is 2.43.